The van der Waals surface area contributed by atoms with E-state index in [2.05, 4.69) is 70.9 Å². The first-order valence-electron chi connectivity index (χ1n) is 8.69. The van der Waals surface area contributed by atoms with Gasteiger partial charge in [-0.1, -0.05) is 60.7 Å². The van der Waals surface area contributed by atoms with Gasteiger partial charge in [0.25, 0.3) is 0 Å². The third-order valence-corrected chi connectivity index (χ3v) is 5.12. The Labute approximate surface area is 138 Å². The van der Waals surface area contributed by atoms with Gasteiger partial charge in [-0.3, -0.25) is 4.90 Å². The number of piperidine rings is 1. The number of benzene rings is 2. The molecule has 4 rings (SSSR count). The predicted octanol–water partition coefficient (Wildman–Crippen LogP) is 3.56. The van der Waals surface area contributed by atoms with E-state index in [4.69, 9.17) is 0 Å². The summed E-state index contributed by atoms with van der Waals surface area (Å²) in [5, 5.41) is 3.53. The number of fused-ring (bicyclic) bond motifs is 1. The summed E-state index contributed by atoms with van der Waals surface area (Å²) in [6, 6.07) is 22.5. The molecule has 2 nitrogen and oxygen atoms in total. The number of hydrogen-bond donors (Lipinski definition) is 1. The normalized spacial score (nSPS) is 21.7. The van der Waals surface area contributed by atoms with E-state index in [1.807, 2.05) is 0 Å². The summed E-state index contributed by atoms with van der Waals surface area (Å²) in [6.07, 6.45) is 2.48. The quantitative estimate of drug-likeness (QED) is 0.912. The van der Waals surface area contributed by atoms with Crippen molar-refractivity contribution < 1.29 is 0 Å². The van der Waals surface area contributed by atoms with Crippen molar-refractivity contribution in [1.82, 2.24) is 10.2 Å². The topological polar surface area (TPSA) is 15.3 Å². The second kappa shape index (κ2) is 6.69. The maximum Gasteiger partial charge on any atom is 0.0227 e. The number of nitrogens with one attached hydrogen (secondary N) is 1. The molecule has 2 saturated heterocycles. The van der Waals surface area contributed by atoms with Crippen LogP contribution in [0.15, 0.2) is 66.2 Å². The molecule has 2 aromatic carbocycles. The van der Waals surface area contributed by atoms with Crippen LogP contribution >= 0.6 is 0 Å². The van der Waals surface area contributed by atoms with Crippen LogP contribution in [-0.2, 0) is 0 Å². The molecule has 0 radical (unpaired) electrons. The molecule has 2 heteroatoms. The molecular weight excluding hydrogens is 280 g/mol. The van der Waals surface area contributed by atoms with Crippen LogP contribution in [0.4, 0.5) is 0 Å². The summed E-state index contributed by atoms with van der Waals surface area (Å²) in [4.78, 5) is 2.67. The Bertz CT molecular complexity index is 634. The number of nitrogens with zero attached hydrogens (tertiary/aromatic N) is 1. The molecule has 0 aromatic heterocycles. The van der Waals surface area contributed by atoms with Crippen molar-refractivity contribution in [2.45, 2.75) is 18.9 Å². The third kappa shape index (κ3) is 3.10. The van der Waals surface area contributed by atoms with E-state index in [1.54, 1.807) is 5.57 Å². The fourth-order valence-corrected chi connectivity index (χ4v) is 3.95. The third-order valence-electron chi connectivity index (χ3n) is 5.12. The summed E-state index contributed by atoms with van der Waals surface area (Å²) in [5.41, 5.74) is 5.74. The standard InChI is InChI=1S/C21H24N2/c1-3-7-17(8-4-1)21(18-9-5-2-6-10-18)19-11-12-20-15-22-13-14-23(20)16-19/h1-10,20,22H,11-16H2. The molecule has 1 N–H and O–H groups in total. The Kier molecular flexibility index (Phi) is 4.27. The van der Waals surface area contributed by atoms with Gasteiger partial charge in [0.05, 0.1) is 0 Å². The van der Waals surface area contributed by atoms with Gasteiger partial charge in [-0.25, -0.2) is 0 Å². The Morgan fingerprint density at radius 1 is 0.913 bits per heavy atom. The minimum absolute atomic E-state index is 0.722. The minimum Gasteiger partial charge on any atom is -0.314 e. The highest BCUT2D eigenvalue weighted by molar-refractivity contribution is 5.82. The molecule has 0 amide bonds. The van der Waals surface area contributed by atoms with E-state index in [9.17, 15) is 0 Å². The van der Waals surface area contributed by atoms with Crippen molar-refractivity contribution in [3.63, 3.8) is 0 Å². The van der Waals surface area contributed by atoms with Crippen molar-refractivity contribution in [3.05, 3.63) is 77.4 Å². The van der Waals surface area contributed by atoms with Crippen LogP contribution in [0.3, 0.4) is 0 Å². The van der Waals surface area contributed by atoms with Gasteiger partial charge >= 0.3 is 0 Å². The molecule has 2 aliphatic rings. The van der Waals surface area contributed by atoms with Gasteiger partial charge in [0, 0.05) is 32.2 Å². The SMILES string of the molecule is c1ccc(C(=C2CCC3CNCCN3C2)c2ccccc2)cc1. The molecule has 2 heterocycles. The molecule has 1 unspecified atom stereocenters. The van der Waals surface area contributed by atoms with Gasteiger partial charge in [0.2, 0.25) is 0 Å². The summed E-state index contributed by atoms with van der Waals surface area (Å²) in [5.74, 6) is 0. The van der Waals surface area contributed by atoms with Gasteiger partial charge in [-0.05, 0) is 35.1 Å². The van der Waals surface area contributed by atoms with Crippen molar-refractivity contribution >= 4 is 5.57 Å². The highest BCUT2D eigenvalue weighted by atomic mass is 15.2. The zero-order chi connectivity index (χ0) is 15.5. The maximum absolute atomic E-state index is 3.53. The monoisotopic (exact) mass is 304 g/mol. The molecule has 2 aromatic rings. The fraction of sp³-hybridized carbons (Fsp3) is 0.333. The summed E-state index contributed by atoms with van der Waals surface area (Å²) in [7, 11) is 0. The fourth-order valence-electron chi connectivity index (χ4n) is 3.95. The van der Waals surface area contributed by atoms with E-state index >= 15 is 0 Å². The molecular formula is C21H24N2. The first-order valence-corrected chi connectivity index (χ1v) is 8.69. The van der Waals surface area contributed by atoms with E-state index in [0.29, 0.717) is 0 Å². The van der Waals surface area contributed by atoms with Gasteiger partial charge in [-0.2, -0.15) is 0 Å². The van der Waals surface area contributed by atoms with Crippen LogP contribution in [0.1, 0.15) is 24.0 Å². The molecule has 0 bridgehead atoms. The van der Waals surface area contributed by atoms with Crippen LogP contribution in [0, 0.1) is 0 Å². The summed E-state index contributed by atoms with van der Waals surface area (Å²) < 4.78 is 0. The highest BCUT2D eigenvalue weighted by Gasteiger charge is 2.28. The molecule has 0 saturated carbocycles. The van der Waals surface area contributed by atoms with Crippen LogP contribution < -0.4 is 5.32 Å². The Hall–Kier alpha value is -1.90. The zero-order valence-corrected chi connectivity index (χ0v) is 13.5. The molecule has 2 fully saturated rings. The Morgan fingerprint density at radius 2 is 1.57 bits per heavy atom. The zero-order valence-electron chi connectivity index (χ0n) is 13.5. The van der Waals surface area contributed by atoms with Crippen molar-refractivity contribution in [2.75, 3.05) is 26.2 Å². The lowest BCUT2D eigenvalue weighted by Crippen LogP contribution is -2.53. The van der Waals surface area contributed by atoms with E-state index in [1.165, 1.54) is 36.1 Å². The second-order valence-electron chi connectivity index (χ2n) is 6.58. The lowest BCUT2D eigenvalue weighted by atomic mass is 9.87. The van der Waals surface area contributed by atoms with Crippen LogP contribution in [0.25, 0.3) is 5.57 Å². The summed E-state index contributed by atoms with van der Waals surface area (Å²) in [6.45, 7) is 4.56. The molecule has 0 spiro atoms. The van der Waals surface area contributed by atoms with Gasteiger partial charge in [0.15, 0.2) is 0 Å². The van der Waals surface area contributed by atoms with E-state index in [-0.39, 0.29) is 0 Å². The molecule has 1 atom stereocenters. The number of piperazine rings is 1. The van der Waals surface area contributed by atoms with Crippen molar-refractivity contribution in [1.29, 1.82) is 0 Å². The molecule has 0 aliphatic carbocycles. The smallest absolute Gasteiger partial charge is 0.0227 e. The molecule has 23 heavy (non-hydrogen) atoms. The second-order valence-corrected chi connectivity index (χ2v) is 6.58. The predicted molar refractivity (Wildman–Crippen MR) is 96.4 cm³/mol. The molecule has 118 valence electrons. The van der Waals surface area contributed by atoms with Crippen molar-refractivity contribution in [3.8, 4) is 0 Å². The van der Waals surface area contributed by atoms with Crippen LogP contribution in [0.2, 0.25) is 0 Å². The average molecular weight is 304 g/mol. The number of rotatable bonds is 2. The Morgan fingerprint density at radius 3 is 2.22 bits per heavy atom. The largest absolute Gasteiger partial charge is 0.314 e. The van der Waals surface area contributed by atoms with Gasteiger partial charge in [-0.15, -0.1) is 0 Å². The van der Waals surface area contributed by atoms with Crippen molar-refractivity contribution in [2.24, 2.45) is 0 Å². The van der Waals surface area contributed by atoms with E-state index < -0.39 is 0 Å². The minimum atomic E-state index is 0.722. The molecule has 2 aliphatic heterocycles. The first-order chi connectivity index (χ1) is 11.4. The van der Waals surface area contributed by atoms with Crippen LogP contribution in [-0.4, -0.2) is 37.1 Å². The number of hydrogen-bond acceptors (Lipinski definition) is 2. The van der Waals surface area contributed by atoms with E-state index in [0.717, 1.165) is 25.7 Å². The summed E-state index contributed by atoms with van der Waals surface area (Å²) >= 11 is 0. The van der Waals surface area contributed by atoms with Gasteiger partial charge < -0.3 is 5.32 Å². The Balaban J connectivity index is 1.75. The lowest BCUT2D eigenvalue weighted by Gasteiger charge is -2.41. The van der Waals surface area contributed by atoms with Gasteiger partial charge in [0.1, 0.15) is 0 Å². The van der Waals surface area contributed by atoms with Crippen LogP contribution in [0.5, 0.6) is 0 Å². The first kappa shape index (κ1) is 14.7. The highest BCUT2D eigenvalue weighted by Crippen LogP contribution is 2.33. The maximum atomic E-state index is 3.53. The lowest BCUT2D eigenvalue weighted by molar-refractivity contribution is 0.146. The average Bonchev–Trinajstić information content (AvgIpc) is 2.64.